The predicted molar refractivity (Wildman–Crippen MR) is 100 cm³/mol. The zero-order valence-corrected chi connectivity index (χ0v) is 14.9. The maximum Gasteiger partial charge on any atom is 0.266 e. The van der Waals surface area contributed by atoms with Crippen LogP contribution in [0.3, 0.4) is 0 Å². The summed E-state index contributed by atoms with van der Waals surface area (Å²) in [5, 5.41) is 4.15. The minimum atomic E-state index is -2.65. The van der Waals surface area contributed by atoms with Crippen molar-refractivity contribution in [2.24, 2.45) is 0 Å². The van der Waals surface area contributed by atoms with E-state index in [4.69, 9.17) is 0 Å². The van der Waals surface area contributed by atoms with Gasteiger partial charge < -0.3 is 15.2 Å². The minimum absolute atomic E-state index is 0.130. The highest BCUT2D eigenvalue weighted by Gasteiger charge is 2.39. The topological polar surface area (TPSA) is 68.9 Å². The van der Waals surface area contributed by atoms with Crippen LogP contribution >= 0.6 is 11.9 Å². The van der Waals surface area contributed by atoms with Gasteiger partial charge in [-0.3, -0.25) is 4.72 Å². The summed E-state index contributed by atoms with van der Waals surface area (Å²) in [4.78, 5) is 14.2. The molecule has 0 radical (unpaired) electrons. The molecule has 3 N–H and O–H groups in total. The molecule has 3 heterocycles. The number of anilines is 3. The molecule has 1 fully saturated rings. The van der Waals surface area contributed by atoms with Gasteiger partial charge in [0.25, 0.3) is 5.92 Å². The number of aromatic nitrogens is 3. The first-order valence-electron chi connectivity index (χ1n) is 8.21. The maximum absolute atomic E-state index is 13.7. The Morgan fingerprint density at radius 3 is 2.92 bits per heavy atom. The van der Waals surface area contributed by atoms with Crippen LogP contribution in [0.25, 0.3) is 11.0 Å². The van der Waals surface area contributed by atoms with Crippen molar-refractivity contribution < 1.29 is 8.78 Å². The first kappa shape index (κ1) is 17.0. The summed E-state index contributed by atoms with van der Waals surface area (Å²) in [6.07, 6.45) is 3.13. The molecule has 0 aliphatic carbocycles. The fourth-order valence-corrected chi connectivity index (χ4v) is 3.66. The lowest BCUT2D eigenvalue weighted by atomic mass is 10.2. The van der Waals surface area contributed by atoms with Crippen LogP contribution < -0.4 is 14.9 Å². The molecule has 0 bridgehead atoms. The standard InChI is InChI=1S/C17H18F2N6S/c1-20-26-11-2-3-14(25-7-5-17(18,19)9-25)13(8-11)24-16-12-4-6-21-15(12)22-10-23-16/h2-4,6,8,10,20H,5,7,9H2,1H3,(H2,21,22,23,24). The van der Waals surface area contributed by atoms with Gasteiger partial charge in [-0.05, 0) is 43.3 Å². The van der Waals surface area contributed by atoms with Crippen molar-refractivity contribution in [3.8, 4) is 0 Å². The van der Waals surface area contributed by atoms with E-state index in [0.29, 0.717) is 12.4 Å². The first-order chi connectivity index (χ1) is 12.6. The Morgan fingerprint density at radius 1 is 1.27 bits per heavy atom. The van der Waals surface area contributed by atoms with Crippen LogP contribution in [0, 0.1) is 0 Å². The predicted octanol–water partition coefficient (Wildman–Crippen LogP) is 3.77. The van der Waals surface area contributed by atoms with Crippen molar-refractivity contribution in [2.75, 3.05) is 30.4 Å². The van der Waals surface area contributed by atoms with E-state index >= 15 is 0 Å². The van der Waals surface area contributed by atoms with Gasteiger partial charge in [0, 0.05) is 24.1 Å². The summed E-state index contributed by atoms with van der Waals surface area (Å²) in [5.74, 6) is -2.02. The normalized spacial score (nSPS) is 16.3. The van der Waals surface area contributed by atoms with Gasteiger partial charge in [-0.15, -0.1) is 0 Å². The molecular weight excluding hydrogens is 358 g/mol. The molecule has 2 aromatic heterocycles. The zero-order chi connectivity index (χ0) is 18.1. The van der Waals surface area contributed by atoms with Gasteiger partial charge in [0.1, 0.15) is 17.8 Å². The number of hydrogen-bond donors (Lipinski definition) is 3. The lowest BCUT2D eigenvalue weighted by Gasteiger charge is -2.23. The number of rotatable bonds is 5. The van der Waals surface area contributed by atoms with Crippen LogP contribution in [-0.2, 0) is 0 Å². The molecule has 3 aromatic rings. The summed E-state index contributed by atoms with van der Waals surface area (Å²) in [6, 6.07) is 7.62. The van der Waals surface area contributed by atoms with Gasteiger partial charge >= 0.3 is 0 Å². The van der Waals surface area contributed by atoms with E-state index in [1.165, 1.54) is 18.3 Å². The number of aromatic amines is 1. The second kappa shape index (κ2) is 6.73. The van der Waals surface area contributed by atoms with Gasteiger partial charge in [-0.25, -0.2) is 18.7 Å². The van der Waals surface area contributed by atoms with Gasteiger partial charge in [-0.1, -0.05) is 0 Å². The Bertz CT molecular complexity index is 929. The molecule has 1 aromatic carbocycles. The highest BCUT2D eigenvalue weighted by atomic mass is 32.2. The van der Waals surface area contributed by atoms with Crippen LogP contribution in [0.5, 0.6) is 0 Å². The molecule has 0 unspecified atom stereocenters. The monoisotopic (exact) mass is 376 g/mol. The molecule has 0 amide bonds. The van der Waals surface area contributed by atoms with Crippen molar-refractivity contribution in [1.82, 2.24) is 19.7 Å². The Morgan fingerprint density at radius 2 is 2.15 bits per heavy atom. The summed E-state index contributed by atoms with van der Waals surface area (Å²) >= 11 is 1.46. The molecule has 136 valence electrons. The van der Waals surface area contributed by atoms with E-state index < -0.39 is 5.92 Å². The molecule has 0 atom stereocenters. The largest absolute Gasteiger partial charge is 0.364 e. The Labute approximate surface area is 153 Å². The number of halogens is 2. The first-order valence-corrected chi connectivity index (χ1v) is 9.03. The van der Waals surface area contributed by atoms with Gasteiger partial charge in [0.2, 0.25) is 0 Å². The number of nitrogens with zero attached hydrogens (tertiary/aromatic N) is 3. The zero-order valence-electron chi connectivity index (χ0n) is 14.1. The highest BCUT2D eigenvalue weighted by molar-refractivity contribution is 7.97. The molecule has 1 aliphatic heterocycles. The summed E-state index contributed by atoms with van der Waals surface area (Å²) < 4.78 is 30.4. The van der Waals surface area contributed by atoms with Crippen molar-refractivity contribution in [1.29, 1.82) is 0 Å². The second-order valence-corrected chi connectivity index (χ2v) is 7.18. The van der Waals surface area contributed by atoms with Gasteiger partial charge in [0.05, 0.1) is 23.3 Å². The summed E-state index contributed by atoms with van der Waals surface area (Å²) in [6.45, 7) is 0.0487. The van der Waals surface area contributed by atoms with E-state index in [1.54, 1.807) is 11.1 Å². The van der Waals surface area contributed by atoms with Gasteiger partial charge in [-0.2, -0.15) is 0 Å². The van der Waals surface area contributed by atoms with E-state index in [9.17, 15) is 8.78 Å². The third-order valence-corrected chi connectivity index (χ3v) is 5.00. The van der Waals surface area contributed by atoms with Crippen LogP contribution in [0.15, 0.2) is 41.7 Å². The average Bonchev–Trinajstić information content (AvgIpc) is 3.22. The third kappa shape index (κ3) is 3.32. The van der Waals surface area contributed by atoms with Crippen LogP contribution in [-0.4, -0.2) is 41.0 Å². The number of alkyl halides is 2. The molecule has 1 saturated heterocycles. The number of fused-ring (bicyclic) bond motifs is 1. The smallest absolute Gasteiger partial charge is 0.266 e. The Balaban J connectivity index is 1.72. The van der Waals surface area contributed by atoms with Crippen molar-refractivity contribution in [2.45, 2.75) is 17.2 Å². The lowest BCUT2D eigenvalue weighted by Crippen LogP contribution is -2.25. The van der Waals surface area contributed by atoms with E-state index in [0.717, 1.165) is 27.3 Å². The Kier molecular flexibility index (Phi) is 4.41. The van der Waals surface area contributed by atoms with E-state index in [-0.39, 0.29) is 13.0 Å². The lowest BCUT2D eigenvalue weighted by molar-refractivity contribution is 0.0257. The quantitative estimate of drug-likeness (QED) is 0.589. The number of H-pyrrole nitrogens is 1. The molecule has 26 heavy (non-hydrogen) atoms. The second-order valence-electron chi connectivity index (χ2n) is 6.10. The summed E-state index contributed by atoms with van der Waals surface area (Å²) in [7, 11) is 1.83. The molecular formula is C17H18F2N6S. The third-order valence-electron chi connectivity index (χ3n) is 4.31. The fraction of sp³-hybridized carbons (Fsp3) is 0.294. The van der Waals surface area contributed by atoms with Crippen LogP contribution in [0.1, 0.15) is 6.42 Å². The minimum Gasteiger partial charge on any atom is -0.364 e. The molecule has 6 nitrogen and oxygen atoms in total. The molecule has 9 heteroatoms. The van der Waals surface area contributed by atoms with Gasteiger partial charge in [0.15, 0.2) is 0 Å². The number of benzene rings is 1. The number of nitrogens with one attached hydrogen (secondary N) is 3. The maximum atomic E-state index is 13.7. The molecule has 4 rings (SSSR count). The van der Waals surface area contributed by atoms with E-state index in [1.807, 2.05) is 31.3 Å². The van der Waals surface area contributed by atoms with Crippen LogP contribution in [0.2, 0.25) is 0 Å². The Hall–Kier alpha value is -2.39. The summed E-state index contributed by atoms with van der Waals surface area (Å²) in [5.41, 5.74) is 2.20. The molecule has 0 saturated carbocycles. The molecule has 0 spiro atoms. The fourth-order valence-electron chi connectivity index (χ4n) is 3.11. The number of hydrogen-bond acceptors (Lipinski definition) is 6. The highest BCUT2D eigenvalue weighted by Crippen LogP contribution is 2.38. The van der Waals surface area contributed by atoms with Crippen molar-refractivity contribution >= 4 is 40.2 Å². The van der Waals surface area contributed by atoms with Crippen molar-refractivity contribution in [3.63, 3.8) is 0 Å². The SMILES string of the molecule is CNSc1ccc(N2CCC(F)(F)C2)c(Nc2ncnc3[nH]ccc23)c1. The van der Waals surface area contributed by atoms with E-state index in [2.05, 4.69) is 25.0 Å². The average molecular weight is 376 g/mol. The van der Waals surface area contributed by atoms with Crippen molar-refractivity contribution in [3.05, 3.63) is 36.8 Å². The molecule has 1 aliphatic rings. The van der Waals surface area contributed by atoms with Crippen LogP contribution in [0.4, 0.5) is 26.0 Å².